The molecule has 0 heterocycles. The molecule has 0 radical (unpaired) electrons. The number of carbonyl (C=O) groups excluding carboxylic acids is 1. The number of hydrogen-bond acceptors (Lipinski definition) is 3. The van der Waals surface area contributed by atoms with Gasteiger partial charge in [0.1, 0.15) is 6.21 Å². The van der Waals surface area contributed by atoms with Gasteiger partial charge in [0.2, 0.25) is 5.91 Å². The molecule has 0 fully saturated rings. The standard InChI is InChI=1S/C6H7NO5/c8-4(1-2-5(9)10)7-3-6(11)12/h3H,1-2H2,(H,9,10)(H,11,12)/b7-3+. The Hall–Kier alpha value is -1.72. The summed E-state index contributed by atoms with van der Waals surface area (Å²) in [6, 6.07) is 0. The Balaban J connectivity index is 3.75. The summed E-state index contributed by atoms with van der Waals surface area (Å²) in [4.78, 5) is 33.2. The highest BCUT2D eigenvalue weighted by atomic mass is 16.4. The van der Waals surface area contributed by atoms with Crippen LogP contribution in [0, 0.1) is 0 Å². The molecule has 0 atom stereocenters. The van der Waals surface area contributed by atoms with Gasteiger partial charge >= 0.3 is 11.9 Å². The molecule has 0 bridgehead atoms. The van der Waals surface area contributed by atoms with Crippen molar-refractivity contribution in [1.29, 1.82) is 0 Å². The molecule has 0 aliphatic heterocycles. The highest BCUT2D eigenvalue weighted by molar-refractivity contribution is 6.24. The van der Waals surface area contributed by atoms with Gasteiger partial charge in [0, 0.05) is 6.42 Å². The van der Waals surface area contributed by atoms with Gasteiger partial charge in [-0.2, -0.15) is 0 Å². The minimum atomic E-state index is -1.33. The zero-order valence-corrected chi connectivity index (χ0v) is 6.06. The van der Waals surface area contributed by atoms with Gasteiger partial charge in [-0.1, -0.05) is 0 Å². The normalized spacial score (nSPS) is 10.0. The van der Waals surface area contributed by atoms with E-state index in [1.165, 1.54) is 0 Å². The highest BCUT2D eigenvalue weighted by Gasteiger charge is 2.03. The zero-order valence-electron chi connectivity index (χ0n) is 6.06. The van der Waals surface area contributed by atoms with E-state index in [0.29, 0.717) is 6.21 Å². The summed E-state index contributed by atoms with van der Waals surface area (Å²) in [5.74, 6) is -3.20. The van der Waals surface area contributed by atoms with Crippen LogP contribution in [0.25, 0.3) is 0 Å². The maximum absolute atomic E-state index is 10.5. The quantitative estimate of drug-likeness (QED) is 0.559. The molecule has 0 unspecified atom stereocenters. The molecule has 0 aromatic carbocycles. The van der Waals surface area contributed by atoms with E-state index in [9.17, 15) is 14.4 Å². The average molecular weight is 173 g/mol. The third-order valence-corrected chi connectivity index (χ3v) is 0.872. The summed E-state index contributed by atoms with van der Waals surface area (Å²) < 4.78 is 0. The SMILES string of the molecule is O=C(O)/C=N/C(=O)CCC(=O)O. The van der Waals surface area contributed by atoms with Gasteiger partial charge in [-0.3, -0.25) is 9.59 Å². The Kier molecular flexibility index (Phi) is 4.28. The van der Waals surface area contributed by atoms with Gasteiger partial charge in [-0.05, 0) is 0 Å². The van der Waals surface area contributed by atoms with Crippen LogP contribution in [0.15, 0.2) is 4.99 Å². The van der Waals surface area contributed by atoms with Crippen molar-refractivity contribution in [2.75, 3.05) is 0 Å². The summed E-state index contributed by atoms with van der Waals surface area (Å²) in [6.45, 7) is 0. The highest BCUT2D eigenvalue weighted by Crippen LogP contribution is 1.90. The smallest absolute Gasteiger partial charge is 0.347 e. The molecule has 66 valence electrons. The van der Waals surface area contributed by atoms with Crippen molar-refractivity contribution in [2.45, 2.75) is 12.8 Å². The van der Waals surface area contributed by atoms with Gasteiger partial charge in [-0.25, -0.2) is 9.79 Å². The van der Waals surface area contributed by atoms with E-state index >= 15 is 0 Å². The van der Waals surface area contributed by atoms with Crippen LogP contribution in [0.1, 0.15) is 12.8 Å². The Morgan fingerprint density at radius 1 is 1.17 bits per heavy atom. The number of amides is 1. The topological polar surface area (TPSA) is 104 Å². The molecule has 0 rings (SSSR count). The van der Waals surface area contributed by atoms with E-state index in [1.54, 1.807) is 0 Å². The molecule has 0 saturated carbocycles. The van der Waals surface area contributed by atoms with Crippen LogP contribution in [-0.2, 0) is 14.4 Å². The predicted octanol–water partition coefficient (Wildman–Crippen LogP) is -0.467. The zero-order chi connectivity index (χ0) is 9.56. The monoisotopic (exact) mass is 173 g/mol. The molecule has 0 aliphatic rings. The van der Waals surface area contributed by atoms with Crippen molar-refractivity contribution in [3.05, 3.63) is 0 Å². The van der Waals surface area contributed by atoms with Gasteiger partial charge in [0.15, 0.2) is 0 Å². The number of carboxylic acids is 2. The first-order valence-electron chi connectivity index (χ1n) is 3.04. The number of rotatable bonds is 4. The lowest BCUT2D eigenvalue weighted by atomic mass is 10.3. The van der Waals surface area contributed by atoms with Crippen molar-refractivity contribution in [1.82, 2.24) is 0 Å². The molecule has 2 N–H and O–H groups in total. The fourth-order valence-corrected chi connectivity index (χ4v) is 0.406. The van der Waals surface area contributed by atoms with Crippen LogP contribution in [0.2, 0.25) is 0 Å². The Bertz CT molecular complexity index is 232. The first-order valence-corrected chi connectivity index (χ1v) is 3.04. The molecule has 0 aromatic heterocycles. The van der Waals surface area contributed by atoms with Crippen LogP contribution < -0.4 is 0 Å². The van der Waals surface area contributed by atoms with E-state index < -0.39 is 17.8 Å². The van der Waals surface area contributed by atoms with E-state index in [4.69, 9.17) is 10.2 Å². The minimum Gasteiger partial charge on any atom is -0.481 e. The van der Waals surface area contributed by atoms with E-state index in [0.717, 1.165) is 0 Å². The molecule has 12 heavy (non-hydrogen) atoms. The first kappa shape index (κ1) is 10.3. The Labute approximate surface area is 67.5 Å². The first-order chi connectivity index (χ1) is 5.52. The summed E-state index contributed by atoms with van der Waals surface area (Å²) in [5.41, 5.74) is 0. The molecular formula is C6H7NO5. The van der Waals surface area contributed by atoms with Crippen LogP contribution in [-0.4, -0.2) is 34.3 Å². The fourth-order valence-electron chi connectivity index (χ4n) is 0.406. The fraction of sp³-hybridized carbons (Fsp3) is 0.333. The van der Waals surface area contributed by atoms with Crippen LogP contribution in [0.3, 0.4) is 0 Å². The number of nitrogens with zero attached hydrogens (tertiary/aromatic N) is 1. The largest absolute Gasteiger partial charge is 0.481 e. The second-order valence-electron chi connectivity index (χ2n) is 1.88. The van der Waals surface area contributed by atoms with Gasteiger partial charge in [-0.15, -0.1) is 0 Å². The summed E-state index contributed by atoms with van der Waals surface area (Å²) >= 11 is 0. The lowest BCUT2D eigenvalue weighted by Crippen LogP contribution is -2.03. The van der Waals surface area contributed by atoms with Gasteiger partial charge in [0.25, 0.3) is 0 Å². The summed E-state index contributed by atoms with van der Waals surface area (Å²) in [6.07, 6.45) is -0.181. The van der Waals surface area contributed by atoms with Crippen LogP contribution >= 0.6 is 0 Å². The van der Waals surface area contributed by atoms with Gasteiger partial charge in [0.05, 0.1) is 6.42 Å². The van der Waals surface area contributed by atoms with E-state index in [2.05, 4.69) is 4.99 Å². The minimum absolute atomic E-state index is 0.279. The Morgan fingerprint density at radius 2 is 1.75 bits per heavy atom. The van der Waals surface area contributed by atoms with Crippen LogP contribution in [0.4, 0.5) is 0 Å². The number of aliphatic imine (C=N–C) groups is 1. The van der Waals surface area contributed by atoms with Crippen molar-refractivity contribution in [2.24, 2.45) is 4.99 Å². The predicted molar refractivity (Wildman–Crippen MR) is 38.0 cm³/mol. The van der Waals surface area contributed by atoms with Crippen molar-refractivity contribution < 1.29 is 24.6 Å². The molecular weight excluding hydrogens is 166 g/mol. The molecule has 6 heteroatoms. The van der Waals surface area contributed by atoms with Gasteiger partial charge < -0.3 is 10.2 Å². The molecule has 0 aliphatic carbocycles. The second-order valence-corrected chi connectivity index (χ2v) is 1.88. The van der Waals surface area contributed by atoms with Crippen molar-refractivity contribution in [3.63, 3.8) is 0 Å². The number of aliphatic carboxylic acids is 2. The van der Waals surface area contributed by atoms with E-state index in [-0.39, 0.29) is 12.8 Å². The second kappa shape index (κ2) is 5.00. The number of carbonyl (C=O) groups is 3. The summed E-state index contributed by atoms with van der Waals surface area (Å²) in [7, 11) is 0. The van der Waals surface area contributed by atoms with Crippen LogP contribution in [0.5, 0.6) is 0 Å². The molecule has 0 aromatic rings. The van der Waals surface area contributed by atoms with Crippen molar-refractivity contribution in [3.8, 4) is 0 Å². The molecule has 1 amide bonds. The third kappa shape index (κ3) is 6.40. The molecule has 6 nitrogen and oxygen atoms in total. The Morgan fingerprint density at radius 3 is 2.17 bits per heavy atom. The number of hydrogen-bond donors (Lipinski definition) is 2. The van der Waals surface area contributed by atoms with E-state index in [1.807, 2.05) is 0 Å². The molecule has 0 spiro atoms. The molecule has 0 saturated heterocycles. The maximum atomic E-state index is 10.5. The lowest BCUT2D eigenvalue weighted by Gasteiger charge is -1.88. The third-order valence-electron chi connectivity index (χ3n) is 0.872. The summed E-state index contributed by atoms with van der Waals surface area (Å²) in [5, 5.41) is 16.1. The van der Waals surface area contributed by atoms with Crippen molar-refractivity contribution >= 4 is 24.1 Å². The maximum Gasteiger partial charge on any atom is 0.347 e. The average Bonchev–Trinajstić information content (AvgIpc) is 1.96. The lowest BCUT2D eigenvalue weighted by molar-refractivity contribution is -0.138. The number of carboxylic acid groups (broad SMARTS) is 2.